The molecule has 1 aliphatic carbocycles. The van der Waals surface area contributed by atoms with Gasteiger partial charge in [-0.25, -0.2) is 0 Å². The molecule has 1 aliphatic rings. The molecule has 0 heterocycles. The zero-order valence-corrected chi connectivity index (χ0v) is 32.1. The van der Waals surface area contributed by atoms with Gasteiger partial charge in [-0.05, 0) is 19.3 Å². The van der Waals surface area contributed by atoms with Crippen LogP contribution in [-0.2, 0) is 61.9 Å². The Balaban J connectivity index is 1.78. The van der Waals surface area contributed by atoms with Crippen molar-refractivity contribution in [2.24, 2.45) is 0 Å². The molecule has 0 unspecified atom stereocenters. The van der Waals surface area contributed by atoms with Gasteiger partial charge in [0.15, 0.2) is 0 Å². The van der Waals surface area contributed by atoms with E-state index in [0.29, 0.717) is 65.6 Å². The molecule has 18 heteroatoms. The first-order chi connectivity index (χ1) is 26.3. The van der Waals surface area contributed by atoms with E-state index in [2.05, 4.69) is 45.7 Å². The first kappa shape index (κ1) is 48.5. The smallest absolute Gasteiger partial charge is 0.246 e. The maximum absolute atomic E-state index is 11.9. The van der Waals surface area contributed by atoms with Crippen molar-refractivity contribution in [3.63, 3.8) is 0 Å². The third-order valence-electron chi connectivity index (χ3n) is 7.30. The first-order valence-electron chi connectivity index (χ1n) is 18.7. The van der Waals surface area contributed by atoms with E-state index in [4.69, 9.17) is 37.9 Å². The summed E-state index contributed by atoms with van der Waals surface area (Å²) in [5, 5.41) is 13.6. The average Bonchev–Trinajstić information content (AvgIpc) is 3.18. The summed E-state index contributed by atoms with van der Waals surface area (Å²) < 4.78 is 42.5. The van der Waals surface area contributed by atoms with Crippen LogP contribution in [0.5, 0.6) is 0 Å². The van der Waals surface area contributed by atoms with Crippen LogP contribution in [0.1, 0.15) is 39.5 Å². The number of rotatable bonds is 36. The zero-order valence-electron chi connectivity index (χ0n) is 32.1. The maximum atomic E-state index is 11.9. The predicted molar refractivity (Wildman–Crippen MR) is 198 cm³/mol. The summed E-state index contributed by atoms with van der Waals surface area (Å²) in [5.41, 5.74) is 2.64. The van der Waals surface area contributed by atoms with Crippen LogP contribution in [0.3, 0.4) is 0 Å². The molecule has 1 rings (SSSR count). The van der Waals surface area contributed by atoms with Gasteiger partial charge in [0.05, 0.1) is 79.3 Å². The van der Waals surface area contributed by atoms with Crippen molar-refractivity contribution < 1.29 is 61.9 Å². The lowest BCUT2D eigenvalue weighted by Gasteiger charge is -2.14. The molecule has 0 saturated carbocycles. The SMILES string of the molecule is CCC(=O)NCCOCCOCC(=O)NCCOCCOCC(=O)NCCOCCOCC(=O)NCCOCCOCC(=O)NCC1=CC=C(CC)CC1. The van der Waals surface area contributed by atoms with Gasteiger partial charge in [-0.2, -0.15) is 0 Å². The lowest BCUT2D eigenvalue weighted by Crippen LogP contribution is -2.32. The Morgan fingerprint density at radius 1 is 0.426 bits per heavy atom. The minimum absolute atomic E-state index is 0.0280. The molecule has 18 nitrogen and oxygen atoms in total. The lowest BCUT2D eigenvalue weighted by molar-refractivity contribution is -0.128. The van der Waals surface area contributed by atoms with Crippen molar-refractivity contribution >= 4 is 29.5 Å². The van der Waals surface area contributed by atoms with Crippen molar-refractivity contribution in [2.45, 2.75) is 39.5 Å². The van der Waals surface area contributed by atoms with E-state index in [9.17, 15) is 24.0 Å². The average molecular weight is 774 g/mol. The minimum atomic E-state index is -0.293. The van der Waals surface area contributed by atoms with Gasteiger partial charge in [0.1, 0.15) is 26.4 Å². The molecule has 5 N–H and O–H groups in total. The third-order valence-corrected chi connectivity index (χ3v) is 7.30. The highest BCUT2D eigenvalue weighted by atomic mass is 16.5. The Morgan fingerprint density at radius 2 is 0.741 bits per heavy atom. The molecule has 0 fully saturated rings. The lowest BCUT2D eigenvalue weighted by atomic mass is 9.97. The largest absolute Gasteiger partial charge is 0.377 e. The highest BCUT2D eigenvalue weighted by Gasteiger charge is 2.08. The number of carbonyl (C=O) groups is 5. The normalized spacial score (nSPS) is 12.4. The number of amides is 5. The molecule has 0 aromatic heterocycles. The van der Waals surface area contributed by atoms with Crippen LogP contribution < -0.4 is 26.6 Å². The number of ether oxygens (including phenoxy) is 8. The Bertz CT molecular complexity index is 1110. The van der Waals surface area contributed by atoms with E-state index in [1.807, 2.05) is 0 Å². The Hall–Kier alpha value is -3.49. The summed E-state index contributed by atoms with van der Waals surface area (Å²) in [6.45, 7) is 8.82. The van der Waals surface area contributed by atoms with E-state index in [0.717, 1.165) is 19.3 Å². The topological polar surface area (TPSA) is 219 Å². The molecule has 0 atom stereocenters. The number of hydrogen-bond acceptors (Lipinski definition) is 13. The number of hydrogen-bond donors (Lipinski definition) is 5. The summed E-state index contributed by atoms with van der Waals surface area (Å²) in [6, 6.07) is 0. The second-order valence-corrected chi connectivity index (χ2v) is 11.7. The van der Waals surface area contributed by atoms with Crippen LogP contribution in [-0.4, -0.2) is 168 Å². The molecular formula is C36H63N5O13. The molecule has 0 aromatic carbocycles. The Morgan fingerprint density at radius 3 is 1.07 bits per heavy atom. The molecule has 0 saturated heterocycles. The summed E-state index contributed by atoms with van der Waals surface area (Å²) in [4.78, 5) is 58.4. The fraction of sp³-hybridized carbons (Fsp3) is 0.750. The molecule has 0 spiro atoms. The second kappa shape index (κ2) is 35.2. The molecule has 0 bridgehead atoms. The molecule has 5 amide bonds. The van der Waals surface area contributed by atoms with E-state index in [-0.39, 0.29) is 109 Å². The summed E-state index contributed by atoms with van der Waals surface area (Å²) in [5.74, 6) is -1.04. The number of nitrogens with one attached hydrogen (secondary N) is 5. The highest BCUT2D eigenvalue weighted by molar-refractivity contribution is 5.78. The van der Waals surface area contributed by atoms with Crippen LogP contribution >= 0.6 is 0 Å². The van der Waals surface area contributed by atoms with Gasteiger partial charge in [0.2, 0.25) is 29.5 Å². The summed E-state index contributed by atoms with van der Waals surface area (Å²) in [7, 11) is 0. The van der Waals surface area contributed by atoms with Crippen LogP contribution in [0.25, 0.3) is 0 Å². The highest BCUT2D eigenvalue weighted by Crippen LogP contribution is 2.19. The number of allylic oxidation sites excluding steroid dienone is 3. The van der Waals surface area contributed by atoms with Gasteiger partial charge in [-0.1, -0.05) is 37.1 Å². The molecule has 310 valence electrons. The van der Waals surface area contributed by atoms with Crippen molar-refractivity contribution in [3.05, 3.63) is 23.3 Å². The monoisotopic (exact) mass is 773 g/mol. The van der Waals surface area contributed by atoms with E-state index in [1.54, 1.807) is 6.92 Å². The summed E-state index contributed by atoms with van der Waals surface area (Å²) in [6.07, 6.45) is 7.73. The van der Waals surface area contributed by atoms with Gasteiger partial charge in [-0.3, -0.25) is 24.0 Å². The predicted octanol–water partition coefficient (Wildman–Crippen LogP) is -0.833. The van der Waals surface area contributed by atoms with E-state index >= 15 is 0 Å². The van der Waals surface area contributed by atoms with E-state index in [1.165, 1.54) is 11.1 Å². The van der Waals surface area contributed by atoms with Crippen molar-refractivity contribution in [1.29, 1.82) is 0 Å². The quantitative estimate of drug-likeness (QED) is 0.0492. The van der Waals surface area contributed by atoms with Crippen LogP contribution in [0.15, 0.2) is 23.3 Å². The van der Waals surface area contributed by atoms with Crippen molar-refractivity contribution in [3.8, 4) is 0 Å². The van der Waals surface area contributed by atoms with E-state index < -0.39 is 0 Å². The van der Waals surface area contributed by atoms with Gasteiger partial charge in [0, 0.05) is 39.1 Å². The van der Waals surface area contributed by atoms with Crippen LogP contribution in [0.2, 0.25) is 0 Å². The van der Waals surface area contributed by atoms with Gasteiger partial charge in [0.25, 0.3) is 0 Å². The molecule has 0 aromatic rings. The molecule has 54 heavy (non-hydrogen) atoms. The molecular weight excluding hydrogens is 710 g/mol. The fourth-order valence-corrected chi connectivity index (χ4v) is 4.30. The number of carbonyl (C=O) groups excluding carboxylic acids is 5. The van der Waals surface area contributed by atoms with Crippen LogP contribution in [0.4, 0.5) is 0 Å². The van der Waals surface area contributed by atoms with Gasteiger partial charge < -0.3 is 64.5 Å². The van der Waals surface area contributed by atoms with Gasteiger partial charge >= 0.3 is 0 Å². The molecule has 0 radical (unpaired) electrons. The Labute approximate surface area is 319 Å². The van der Waals surface area contributed by atoms with Crippen molar-refractivity contribution in [2.75, 3.05) is 138 Å². The van der Waals surface area contributed by atoms with Gasteiger partial charge in [-0.15, -0.1) is 0 Å². The minimum Gasteiger partial charge on any atom is -0.377 e. The zero-order chi connectivity index (χ0) is 39.3. The maximum Gasteiger partial charge on any atom is 0.246 e. The Kier molecular flexibility index (Phi) is 31.7. The first-order valence-corrected chi connectivity index (χ1v) is 18.7. The summed E-state index contributed by atoms with van der Waals surface area (Å²) >= 11 is 0. The standard InChI is InChI=1S/C36H63N5O13/c1-3-30-5-7-31(8-6-30)25-41-36(46)29-54-24-20-50-16-12-40-35(45)28-53-23-19-49-15-11-39-34(44)27-52-22-18-48-14-10-38-33(43)26-51-21-17-47-13-9-37-32(42)4-2/h5,7H,3-4,6,8-29H2,1-2H3,(H,37,42)(H,38,43)(H,39,44)(H,40,45)(H,41,46). The second-order valence-electron chi connectivity index (χ2n) is 11.7. The fourth-order valence-electron chi connectivity index (χ4n) is 4.30. The van der Waals surface area contributed by atoms with Crippen LogP contribution in [0, 0.1) is 0 Å². The van der Waals surface area contributed by atoms with Crippen molar-refractivity contribution in [1.82, 2.24) is 26.6 Å². The third kappa shape index (κ3) is 30.9. The molecule has 0 aliphatic heterocycles.